The Bertz CT molecular complexity index is 1920. The Morgan fingerprint density at radius 2 is 0.628 bits per heavy atom. The van der Waals surface area contributed by atoms with E-state index >= 15 is 0 Å². The summed E-state index contributed by atoms with van der Waals surface area (Å²) in [4.78, 5) is 72.5. The molecular weight excluding hydrogens is 1230 g/mol. The maximum absolute atomic E-state index is 13.1. The minimum Gasteiger partial charge on any atom is -0.462 e. The molecule has 0 bridgehead atoms. The van der Waals surface area contributed by atoms with Gasteiger partial charge in [-0.2, -0.15) is 0 Å². The van der Waals surface area contributed by atoms with Gasteiger partial charge in [0.05, 0.1) is 26.4 Å². The molecule has 19 heteroatoms. The van der Waals surface area contributed by atoms with Gasteiger partial charge in [0.2, 0.25) is 0 Å². The molecule has 0 heterocycles. The Labute approximate surface area is 573 Å². The largest absolute Gasteiger partial charge is 0.472 e. The minimum atomic E-state index is -4.96. The van der Waals surface area contributed by atoms with Gasteiger partial charge in [0.1, 0.15) is 19.3 Å². The van der Waals surface area contributed by atoms with Gasteiger partial charge >= 0.3 is 39.5 Å². The van der Waals surface area contributed by atoms with Gasteiger partial charge in [0, 0.05) is 25.7 Å². The first-order valence-electron chi connectivity index (χ1n) is 38.3. The van der Waals surface area contributed by atoms with E-state index in [-0.39, 0.29) is 25.7 Å². The third-order valence-electron chi connectivity index (χ3n) is 17.2. The fourth-order valence-electron chi connectivity index (χ4n) is 10.9. The first-order valence-corrected chi connectivity index (χ1v) is 41.3. The molecule has 0 aromatic rings. The van der Waals surface area contributed by atoms with Crippen LogP contribution in [0.1, 0.15) is 363 Å². The number of ether oxygens (including phenoxy) is 4. The third kappa shape index (κ3) is 66.8. The molecule has 0 aliphatic carbocycles. The van der Waals surface area contributed by atoms with Gasteiger partial charge in [-0.1, -0.05) is 310 Å². The Balaban J connectivity index is 5.18. The summed E-state index contributed by atoms with van der Waals surface area (Å²) < 4.78 is 68.2. The Kier molecular flexibility index (Phi) is 64.7. The van der Waals surface area contributed by atoms with E-state index in [1.165, 1.54) is 161 Å². The summed E-state index contributed by atoms with van der Waals surface area (Å²) in [6.45, 7) is 9.50. The average Bonchev–Trinajstić information content (AvgIpc) is 2.08. The molecule has 554 valence electrons. The topological polar surface area (TPSA) is 237 Å². The van der Waals surface area contributed by atoms with Crippen LogP contribution >= 0.6 is 15.6 Å². The lowest BCUT2D eigenvalue weighted by molar-refractivity contribution is -0.161. The summed E-state index contributed by atoms with van der Waals surface area (Å²) in [7, 11) is -9.91. The third-order valence-corrected chi connectivity index (χ3v) is 19.1. The number of esters is 4. The van der Waals surface area contributed by atoms with Crippen LogP contribution in [0.4, 0.5) is 0 Å². The molecule has 0 aliphatic rings. The number of rotatable bonds is 72. The van der Waals surface area contributed by atoms with E-state index in [9.17, 15) is 43.2 Å². The smallest absolute Gasteiger partial charge is 0.462 e. The van der Waals surface area contributed by atoms with Gasteiger partial charge < -0.3 is 33.8 Å². The number of carbonyl (C=O) groups excluding carboxylic acids is 4. The van der Waals surface area contributed by atoms with E-state index in [0.717, 1.165) is 121 Å². The van der Waals surface area contributed by atoms with Crippen molar-refractivity contribution in [2.24, 2.45) is 11.8 Å². The molecule has 6 atom stereocenters. The highest BCUT2D eigenvalue weighted by atomic mass is 31.2. The highest BCUT2D eigenvalue weighted by Crippen LogP contribution is 2.45. The molecule has 0 saturated heterocycles. The van der Waals surface area contributed by atoms with E-state index in [0.29, 0.717) is 25.7 Å². The van der Waals surface area contributed by atoms with Gasteiger partial charge in [-0.15, -0.1) is 0 Å². The molecule has 17 nitrogen and oxygen atoms in total. The SMILES string of the molecule is CCCCCC/C=C\C=C/CCCCCCCC(=O)O[C@H](COC(=O)CCCCCCC)COP(=O)(O)OC[C@H](O)COP(=O)(O)OC[C@@H](COC(=O)CCCCCCCCCCCCCCCC(C)C)OC(=O)CCCCCCCCCCCCCCCCC(C)CC. The van der Waals surface area contributed by atoms with E-state index in [1.807, 2.05) is 0 Å². The van der Waals surface area contributed by atoms with Crippen molar-refractivity contribution in [1.29, 1.82) is 0 Å². The summed E-state index contributed by atoms with van der Waals surface area (Å²) in [5.41, 5.74) is 0. The number of aliphatic hydroxyl groups excluding tert-OH is 1. The molecule has 0 aromatic heterocycles. The highest BCUT2D eigenvalue weighted by molar-refractivity contribution is 7.47. The van der Waals surface area contributed by atoms with Crippen LogP contribution in [0.25, 0.3) is 0 Å². The van der Waals surface area contributed by atoms with Crippen LogP contribution in [0.2, 0.25) is 0 Å². The maximum Gasteiger partial charge on any atom is 0.472 e. The van der Waals surface area contributed by atoms with Crippen molar-refractivity contribution in [3.8, 4) is 0 Å². The van der Waals surface area contributed by atoms with Crippen molar-refractivity contribution in [2.45, 2.75) is 381 Å². The standard InChI is InChI=1S/C75H142O17P2/c1-7-10-12-14-15-16-17-18-19-25-31-36-41-47-53-59-74(79)91-70(63-85-72(77)57-51-43-13-11-8-2)65-89-93(81,82)87-61-69(76)62-88-94(83,84)90-66-71(64-86-73(78)58-52-46-40-35-30-27-22-23-28-33-38-44-49-55-67(4)5)92-75(80)60-54-48-42-37-32-26-21-20-24-29-34-39-45-50-56-68(6)9-3/h16-19,67-71,76H,7-15,20-66H2,1-6H3,(H,81,82)(H,83,84)/b17-16-,19-18-/t68?,69-,70+,71+/m0/s1. The number of aliphatic hydroxyl groups is 1. The molecule has 0 aromatic carbocycles. The van der Waals surface area contributed by atoms with Crippen LogP contribution in [-0.4, -0.2) is 96.7 Å². The zero-order chi connectivity index (χ0) is 69.3. The molecule has 3 unspecified atom stereocenters. The Hall–Kier alpha value is -2.46. The first kappa shape index (κ1) is 91.5. The van der Waals surface area contributed by atoms with Crippen LogP contribution in [0.15, 0.2) is 24.3 Å². The second-order valence-electron chi connectivity index (χ2n) is 27.1. The number of unbranched alkanes of at least 4 members (excludes halogenated alkanes) is 38. The van der Waals surface area contributed by atoms with Crippen LogP contribution in [0, 0.1) is 11.8 Å². The quantitative estimate of drug-likeness (QED) is 0.0169. The summed E-state index contributed by atoms with van der Waals surface area (Å²) in [6, 6.07) is 0. The average molecular weight is 1380 g/mol. The predicted molar refractivity (Wildman–Crippen MR) is 381 cm³/mol. The van der Waals surface area contributed by atoms with Gasteiger partial charge in [-0.25, -0.2) is 9.13 Å². The van der Waals surface area contributed by atoms with Crippen molar-refractivity contribution < 1.29 is 80.2 Å². The van der Waals surface area contributed by atoms with E-state index in [1.54, 1.807) is 0 Å². The minimum absolute atomic E-state index is 0.0841. The summed E-state index contributed by atoms with van der Waals surface area (Å²) >= 11 is 0. The Morgan fingerprint density at radius 3 is 0.957 bits per heavy atom. The van der Waals surface area contributed by atoms with Gasteiger partial charge in [0.15, 0.2) is 12.2 Å². The molecule has 0 rings (SSSR count). The van der Waals surface area contributed by atoms with Gasteiger partial charge in [0.25, 0.3) is 0 Å². The molecule has 0 spiro atoms. The van der Waals surface area contributed by atoms with Crippen LogP contribution in [0.3, 0.4) is 0 Å². The van der Waals surface area contributed by atoms with E-state index < -0.39 is 97.5 Å². The molecule has 94 heavy (non-hydrogen) atoms. The predicted octanol–water partition coefficient (Wildman–Crippen LogP) is 21.5. The number of carbonyl (C=O) groups is 4. The summed E-state index contributed by atoms with van der Waals surface area (Å²) in [5.74, 6) is -0.525. The normalized spacial score (nSPS) is 14.5. The van der Waals surface area contributed by atoms with Crippen LogP contribution in [0.5, 0.6) is 0 Å². The second-order valence-corrected chi connectivity index (χ2v) is 30.0. The molecule has 0 amide bonds. The van der Waals surface area contributed by atoms with Crippen molar-refractivity contribution in [1.82, 2.24) is 0 Å². The van der Waals surface area contributed by atoms with Crippen LogP contribution in [-0.2, 0) is 65.4 Å². The molecule has 3 N–H and O–H groups in total. The lowest BCUT2D eigenvalue weighted by atomic mass is 9.99. The monoisotopic (exact) mass is 1380 g/mol. The zero-order valence-electron chi connectivity index (χ0n) is 60.7. The van der Waals surface area contributed by atoms with E-state index in [4.69, 9.17) is 37.0 Å². The summed E-state index contributed by atoms with van der Waals surface area (Å²) in [5, 5.41) is 10.6. The van der Waals surface area contributed by atoms with Gasteiger partial charge in [-0.3, -0.25) is 37.3 Å². The van der Waals surface area contributed by atoms with E-state index in [2.05, 4.69) is 65.8 Å². The lowest BCUT2D eigenvalue weighted by Crippen LogP contribution is -2.30. The zero-order valence-corrected chi connectivity index (χ0v) is 62.5. The second kappa shape index (κ2) is 66.4. The fourth-order valence-corrected chi connectivity index (χ4v) is 12.5. The van der Waals surface area contributed by atoms with Crippen molar-refractivity contribution in [3.63, 3.8) is 0 Å². The molecule has 0 fully saturated rings. The Morgan fingerprint density at radius 1 is 0.351 bits per heavy atom. The van der Waals surface area contributed by atoms with Crippen molar-refractivity contribution in [2.75, 3.05) is 39.6 Å². The molecule has 0 saturated carbocycles. The number of phosphoric acid groups is 2. The van der Waals surface area contributed by atoms with Gasteiger partial charge in [-0.05, 0) is 63.2 Å². The van der Waals surface area contributed by atoms with Crippen molar-refractivity contribution in [3.05, 3.63) is 24.3 Å². The number of hydrogen-bond donors (Lipinski definition) is 3. The number of phosphoric ester groups is 2. The number of allylic oxidation sites excluding steroid dienone is 4. The van der Waals surface area contributed by atoms with Crippen molar-refractivity contribution >= 4 is 39.5 Å². The molecule has 0 aliphatic heterocycles. The maximum atomic E-state index is 13.1. The molecular formula is C75H142O17P2. The number of hydrogen-bond acceptors (Lipinski definition) is 15. The first-order chi connectivity index (χ1) is 45.4. The molecule has 0 radical (unpaired) electrons. The summed E-state index contributed by atoms with van der Waals surface area (Å²) in [6.07, 6.45) is 56.6. The fraction of sp³-hybridized carbons (Fsp3) is 0.893. The lowest BCUT2D eigenvalue weighted by Gasteiger charge is -2.21. The van der Waals surface area contributed by atoms with Crippen LogP contribution < -0.4 is 0 Å². The highest BCUT2D eigenvalue weighted by Gasteiger charge is 2.30.